The van der Waals surface area contributed by atoms with Gasteiger partial charge in [-0.05, 0) is 37.1 Å². The highest BCUT2D eigenvalue weighted by Crippen LogP contribution is 2.16. The Labute approximate surface area is 131 Å². The number of hydrogen-bond acceptors (Lipinski definition) is 5. The average molecular weight is 329 g/mol. The van der Waals surface area contributed by atoms with Crippen LogP contribution in [0.15, 0.2) is 29.2 Å². The predicted molar refractivity (Wildman–Crippen MR) is 83.3 cm³/mol. The number of unbranched alkanes of at least 4 members (excludes halogenated alkanes) is 1. The zero-order valence-corrected chi connectivity index (χ0v) is 14.0. The summed E-state index contributed by atoms with van der Waals surface area (Å²) in [6.07, 6.45) is 1.98. The van der Waals surface area contributed by atoms with Gasteiger partial charge in [-0.15, -0.1) is 0 Å². The molecule has 124 valence electrons. The Morgan fingerprint density at radius 3 is 2.36 bits per heavy atom. The monoisotopic (exact) mass is 329 g/mol. The Balaban J connectivity index is 2.76. The molecule has 0 aliphatic rings. The summed E-state index contributed by atoms with van der Waals surface area (Å²) < 4.78 is 37.0. The largest absolute Gasteiger partial charge is 0.497 e. The van der Waals surface area contributed by atoms with E-state index in [9.17, 15) is 13.2 Å². The van der Waals surface area contributed by atoms with Crippen LogP contribution in [-0.4, -0.2) is 34.1 Å². The van der Waals surface area contributed by atoms with E-state index in [0.29, 0.717) is 18.8 Å². The molecule has 0 heterocycles. The molecule has 0 saturated heterocycles. The first kappa shape index (κ1) is 18.4. The van der Waals surface area contributed by atoms with Gasteiger partial charge in [-0.1, -0.05) is 20.3 Å². The quantitative estimate of drug-likeness (QED) is 0.554. The van der Waals surface area contributed by atoms with E-state index in [4.69, 9.17) is 9.47 Å². The van der Waals surface area contributed by atoms with E-state index < -0.39 is 22.0 Å². The van der Waals surface area contributed by atoms with Gasteiger partial charge in [-0.3, -0.25) is 4.79 Å². The van der Waals surface area contributed by atoms with Gasteiger partial charge in [0.2, 0.25) is 10.0 Å². The topological polar surface area (TPSA) is 81.7 Å². The van der Waals surface area contributed by atoms with E-state index >= 15 is 0 Å². The Morgan fingerprint density at radius 1 is 1.23 bits per heavy atom. The molecule has 6 nitrogen and oxygen atoms in total. The van der Waals surface area contributed by atoms with Crippen LogP contribution in [-0.2, 0) is 19.6 Å². The predicted octanol–water partition coefficient (Wildman–Crippen LogP) is 2.10. The van der Waals surface area contributed by atoms with E-state index in [1.807, 2.05) is 6.92 Å². The molecule has 1 aromatic carbocycles. The summed E-state index contributed by atoms with van der Waals surface area (Å²) in [5, 5.41) is 0. The van der Waals surface area contributed by atoms with Gasteiger partial charge in [-0.2, -0.15) is 4.72 Å². The normalized spacial score (nSPS) is 12.7. The number of benzene rings is 1. The highest BCUT2D eigenvalue weighted by atomic mass is 32.2. The van der Waals surface area contributed by atoms with Crippen LogP contribution in [0.2, 0.25) is 0 Å². The smallest absolute Gasteiger partial charge is 0.324 e. The molecule has 0 bridgehead atoms. The summed E-state index contributed by atoms with van der Waals surface area (Å²) in [5.41, 5.74) is 0. The van der Waals surface area contributed by atoms with Gasteiger partial charge in [0.05, 0.1) is 18.6 Å². The van der Waals surface area contributed by atoms with Crippen LogP contribution in [0.4, 0.5) is 0 Å². The minimum Gasteiger partial charge on any atom is -0.497 e. The highest BCUT2D eigenvalue weighted by molar-refractivity contribution is 7.89. The second kappa shape index (κ2) is 8.75. The van der Waals surface area contributed by atoms with Gasteiger partial charge < -0.3 is 9.47 Å². The van der Waals surface area contributed by atoms with Crippen molar-refractivity contribution in [2.24, 2.45) is 0 Å². The van der Waals surface area contributed by atoms with Crippen LogP contribution < -0.4 is 9.46 Å². The fraction of sp³-hybridized carbons (Fsp3) is 0.533. The van der Waals surface area contributed by atoms with E-state index in [1.165, 1.54) is 19.2 Å². The van der Waals surface area contributed by atoms with Crippen molar-refractivity contribution in [3.63, 3.8) is 0 Å². The first-order valence-electron chi connectivity index (χ1n) is 7.27. The number of esters is 1. The summed E-state index contributed by atoms with van der Waals surface area (Å²) in [6, 6.07) is 5.07. The number of ether oxygens (including phenoxy) is 2. The van der Waals surface area contributed by atoms with Crippen LogP contribution in [0.1, 0.15) is 33.1 Å². The van der Waals surface area contributed by atoms with Crippen molar-refractivity contribution in [2.45, 2.75) is 44.0 Å². The van der Waals surface area contributed by atoms with E-state index in [2.05, 4.69) is 4.72 Å². The number of rotatable bonds is 9. The van der Waals surface area contributed by atoms with Crippen LogP contribution in [0.25, 0.3) is 0 Å². The number of sulfonamides is 1. The molecule has 0 amide bonds. The molecule has 22 heavy (non-hydrogen) atoms. The number of nitrogens with one attached hydrogen (secondary N) is 1. The minimum atomic E-state index is -3.78. The summed E-state index contributed by atoms with van der Waals surface area (Å²) in [7, 11) is -2.28. The lowest BCUT2D eigenvalue weighted by Crippen LogP contribution is -2.41. The van der Waals surface area contributed by atoms with Crippen molar-refractivity contribution in [2.75, 3.05) is 13.7 Å². The van der Waals surface area contributed by atoms with Crippen molar-refractivity contribution >= 4 is 16.0 Å². The molecule has 0 aliphatic carbocycles. The lowest BCUT2D eigenvalue weighted by atomic mass is 10.2. The third-order valence-corrected chi connectivity index (χ3v) is 4.59. The summed E-state index contributed by atoms with van der Waals surface area (Å²) in [5.74, 6) is 0.0120. The molecule has 0 saturated carbocycles. The standard InChI is InChI=1S/C15H23NO5S/c1-4-6-11-21-15(17)14(5-2)16-22(18,19)13-9-7-12(20-3)8-10-13/h7-10,14,16H,4-6,11H2,1-3H3/t14-/m1/s1. The SMILES string of the molecule is CCCCOC(=O)[C@@H](CC)NS(=O)(=O)c1ccc(OC)cc1. The lowest BCUT2D eigenvalue weighted by Gasteiger charge is -2.16. The van der Waals surface area contributed by atoms with Crippen LogP contribution in [0.3, 0.4) is 0 Å². The van der Waals surface area contributed by atoms with E-state index in [0.717, 1.165) is 12.8 Å². The van der Waals surface area contributed by atoms with Crippen molar-refractivity contribution in [1.82, 2.24) is 4.72 Å². The maximum absolute atomic E-state index is 12.3. The molecule has 1 N–H and O–H groups in total. The van der Waals surface area contributed by atoms with Gasteiger partial charge in [0, 0.05) is 0 Å². The number of carbonyl (C=O) groups is 1. The van der Waals surface area contributed by atoms with Gasteiger partial charge >= 0.3 is 5.97 Å². The molecule has 1 aromatic rings. The van der Waals surface area contributed by atoms with Gasteiger partial charge in [0.15, 0.2) is 0 Å². The molecule has 0 unspecified atom stereocenters. The molecule has 7 heteroatoms. The van der Waals surface area contributed by atoms with Crippen molar-refractivity contribution in [3.05, 3.63) is 24.3 Å². The van der Waals surface area contributed by atoms with Crippen molar-refractivity contribution in [3.8, 4) is 5.75 Å². The summed E-state index contributed by atoms with van der Waals surface area (Å²) in [6.45, 7) is 4.01. The van der Waals surface area contributed by atoms with Gasteiger partial charge in [-0.25, -0.2) is 8.42 Å². The number of methoxy groups -OCH3 is 1. The number of carbonyl (C=O) groups excluding carboxylic acids is 1. The second-order valence-electron chi connectivity index (χ2n) is 4.78. The molecule has 0 aromatic heterocycles. The van der Waals surface area contributed by atoms with Crippen LogP contribution >= 0.6 is 0 Å². The van der Waals surface area contributed by atoms with Gasteiger partial charge in [0.1, 0.15) is 11.8 Å². The molecule has 0 aliphatic heterocycles. The first-order valence-corrected chi connectivity index (χ1v) is 8.76. The van der Waals surface area contributed by atoms with E-state index in [1.54, 1.807) is 19.1 Å². The van der Waals surface area contributed by atoms with E-state index in [-0.39, 0.29) is 4.90 Å². The molecular weight excluding hydrogens is 306 g/mol. The van der Waals surface area contributed by atoms with Crippen molar-refractivity contribution < 1.29 is 22.7 Å². The Bertz CT molecular complexity index is 568. The molecular formula is C15H23NO5S. The van der Waals surface area contributed by atoms with Crippen LogP contribution in [0, 0.1) is 0 Å². The molecule has 0 fully saturated rings. The third kappa shape index (κ3) is 5.31. The highest BCUT2D eigenvalue weighted by Gasteiger charge is 2.25. The fourth-order valence-electron chi connectivity index (χ4n) is 1.73. The fourth-order valence-corrected chi connectivity index (χ4v) is 2.99. The third-order valence-electron chi connectivity index (χ3n) is 3.10. The molecule has 0 radical (unpaired) electrons. The average Bonchev–Trinajstić information content (AvgIpc) is 2.52. The Morgan fingerprint density at radius 2 is 1.86 bits per heavy atom. The molecule has 1 atom stereocenters. The maximum atomic E-state index is 12.3. The zero-order valence-electron chi connectivity index (χ0n) is 13.2. The summed E-state index contributed by atoms with van der Waals surface area (Å²) >= 11 is 0. The maximum Gasteiger partial charge on any atom is 0.324 e. The number of hydrogen-bond donors (Lipinski definition) is 1. The summed E-state index contributed by atoms with van der Waals surface area (Å²) in [4.78, 5) is 12.0. The lowest BCUT2D eigenvalue weighted by molar-refractivity contribution is -0.145. The minimum absolute atomic E-state index is 0.0770. The Hall–Kier alpha value is -1.60. The van der Waals surface area contributed by atoms with Crippen LogP contribution in [0.5, 0.6) is 5.75 Å². The first-order chi connectivity index (χ1) is 10.4. The molecule has 0 spiro atoms. The zero-order chi connectivity index (χ0) is 16.6. The Kier molecular flexibility index (Phi) is 7.34. The second-order valence-corrected chi connectivity index (χ2v) is 6.49. The van der Waals surface area contributed by atoms with Gasteiger partial charge in [0.25, 0.3) is 0 Å². The molecule has 1 rings (SSSR count). The van der Waals surface area contributed by atoms with Crippen molar-refractivity contribution in [1.29, 1.82) is 0 Å².